The number of benzene rings is 1. The van der Waals surface area contributed by atoms with Crippen LogP contribution in [0.15, 0.2) is 30.3 Å². The van der Waals surface area contributed by atoms with Gasteiger partial charge in [-0.05, 0) is 12.2 Å². The second-order valence-corrected chi connectivity index (χ2v) is 3.93. The number of hydrogen-bond donors (Lipinski definition) is 2. The molecule has 0 spiro atoms. The SMILES string of the molecule is S=c1[nH]nc(-c2ccccc2)n1CCS. The van der Waals surface area contributed by atoms with Gasteiger partial charge in [0.05, 0.1) is 0 Å². The lowest BCUT2D eigenvalue weighted by atomic mass is 10.2. The maximum atomic E-state index is 5.15. The fraction of sp³-hybridized carbons (Fsp3) is 0.200. The number of nitrogens with zero attached hydrogens (tertiary/aromatic N) is 2. The summed E-state index contributed by atoms with van der Waals surface area (Å²) in [5, 5.41) is 7.02. The minimum Gasteiger partial charge on any atom is -0.299 e. The Kier molecular flexibility index (Phi) is 3.23. The summed E-state index contributed by atoms with van der Waals surface area (Å²) in [5.41, 5.74) is 1.06. The van der Waals surface area contributed by atoms with E-state index in [9.17, 15) is 0 Å². The molecule has 0 aliphatic carbocycles. The van der Waals surface area contributed by atoms with E-state index in [1.54, 1.807) is 0 Å². The van der Waals surface area contributed by atoms with E-state index in [0.29, 0.717) is 4.77 Å². The van der Waals surface area contributed by atoms with Crippen LogP contribution < -0.4 is 0 Å². The Morgan fingerprint density at radius 2 is 2.07 bits per heavy atom. The molecule has 0 aliphatic heterocycles. The largest absolute Gasteiger partial charge is 0.299 e. The van der Waals surface area contributed by atoms with Gasteiger partial charge in [-0.15, -0.1) is 0 Å². The average molecular weight is 237 g/mol. The predicted molar refractivity (Wildman–Crippen MR) is 66.7 cm³/mol. The smallest absolute Gasteiger partial charge is 0.195 e. The van der Waals surface area contributed by atoms with Crippen molar-refractivity contribution >= 4 is 24.8 Å². The van der Waals surface area contributed by atoms with Gasteiger partial charge in [-0.25, -0.2) is 0 Å². The maximum Gasteiger partial charge on any atom is 0.195 e. The first-order valence-corrected chi connectivity index (χ1v) is 5.68. The molecule has 1 N–H and O–H groups in total. The normalized spacial score (nSPS) is 10.5. The van der Waals surface area contributed by atoms with Gasteiger partial charge in [0.15, 0.2) is 10.6 Å². The van der Waals surface area contributed by atoms with Crippen LogP contribution >= 0.6 is 24.8 Å². The van der Waals surface area contributed by atoms with Gasteiger partial charge in [-0.1, -0.05) is 30.3 Å². The predicted octanol–water partition coefficient (Wildman–Crippen LogP) is 2.54. The number of H-pyrrole nitrogens is 1. The minimum atomic E-state index is 0.642. The van der Waals surface area contributed by atoms with Crippen molar-refractivity contribution < 1.29 is 0 Å². The lowest BCUT2D eigenvalue weighted by Gasteiger charge is -2.03. The van der Waals surface area contributed by atoms with Gasteiger partial charge in [-0.3, -0.25) is 9.67 Å². The minimum absolute atomic E-state index is 0.642. The standard InChI is InChI=1S/C10H11N3S2/c14-7-6-13-9(11-12-10(13)15)8-4-2-1-3-5-8/h1-5,14H,6-7H2,(H,12,15). The quantitative estimate of drug-likeness (QED) is 0.635. The van der Waals surface area contributed by atoms with E-state index in [2.05, 4.69) is 22.8 Å². The van der Waals surface area contributed by atoms with Crippen LogP contribution in [-0.2, 0) is 6.54 Å². The number of thiol groups is 1. The second kappa shape index (κ2) is 4.63. The third-order valence-electron chi connectivity index (χ3n) is 2.11. The summed E-state index contributed by atoms with van der Waals surface area (Å²) >= 11 is 9.35. The third-order valence-corrected chi connectivity index (χ3v) is 2.63. The van der Waals surface area contributed by atoms with Crippen molar-refractivity contribution in [2.75, 3.05) is 5.75 Å². The van der Waals surface area contributed by atoms with Gasteiger partial charge in [0, 0.05) is 17.9 Å². The fourth-order valence-corrected chi connectivity index (χ4v) is 1.86. The van der Waals surface area contributed by atoms with E-state index in [1.165, 1.54) is 0 Å². The monoisotopic (exact) mass is 237 g/mol. The summed E-state index contributed by atoms with van der Waals surface area (Å²) in [6, 6.07) is 9.98. The van der Waals surface area contributed by atoms with Crippen LogP contribution in [0.5, 0.6) is 0 Å². The van der Waals surface area contributed by atoms with Gasteiger partial charge < -0.3 is 0 Å². The highest BCUT2D eigenvalue weighted by atomic mass is 32.1. The molecular formula is C10H11N3S2. The highest BCUT2D eigenvalue weighted by Crippen LogP contribution is 2.16. The molecule has 78 valence electrons. The Morgan fingerprint density at radius 3 is 2.73 bits per heavy atom. The number of aromatic nitrogens is 3. The van der Waals surface area contributed by atoms with Crippen molar-refractivity contribution in [1.29, 1.82) is 0 Å². The Balaban J connectivity index is 2.49. The van der Waals surface area contributed by atoms with Gasteiger partial charge >= 0.3 is 0 Å². The zero-order valence-corrected chi connectivity index (χ0v) is 9.76. The molecule has 0 fully saturated rings. The number of nitrogens with one attached hydrogen (secondary N) is 1. The molecule has 0 atom stereocenters. The van der Waals surface area contributed by atoms with Crippen molar-refractivity contribution in [3.05, 3.63) is 35.1 Å². The topological polar surface area (TPSA) is 33.6 Å². The van der Waals surface area contributed by atoms with Crippen molar-refractivity contribution in [2.24, 2.45) is 0 Å². The van der Waals surface area contributed by atoms with E-state index < -0.39 is 0 Å². The molecule has 0 saturated carbocycles. The van der Waals surface area contributed by atoms with Crippen LogP contribution in [0.2, 0.25) is 0 Å². The molecule has 0 bridgehead atoms. The average Bonchev–Trinajstić information content (AvgIpc) is 2.63. The molecule has 2 aromatic rings. The van der Waals surface area contributed by atoms with Crippen molar-refractivity contribution in [3.8, 4) is 11.4 Å². The van der Waals surface area contributed by atoms with Gasteiger partial charge in [0.1, 0.15) is 0 Å². The summed E-state index contributed by atoms with van der Waals surface area (Å²) in [6.07, 6.45) is 0. The van der Waals surface area contributed by atoms with Crippen LogP contribution in [-0.4, -0.2) is 20.5 Å². The molecule has 2 rings (SSSR count). The summed E-state index contributed by atoms with van der Waals surface area (Å²) < 4.78 is 2.60. The highest BCUT2D eigenvalue weighted by molar-refractivity contribution is 7.80. The zero-order valence-electron chi connectivity index (χ0n) is 8.05. The van der Waals surface area contributed by atoms with Crippen LogP contribution in [0, 0.1) is 4.77 Å². The number of rotatable bonds is 3. The van der Waals surface area contributed by atoms with Crippen LogP contribution in [0.25, 0.3) is 11.4 Å². The second-order valence-electron chi connectivity index (χ2n) is 3.09. The molecule has 0 amide bonds. The Bertz CT molecular complexity index is 487. The van der Waals surface area contributed by atoms with Crippen molar-refractivity contribution in [2.45, 2.75) is 6.54 Å². The molecule has 0 radical (unpaired) electrons. The molecule has 1 aromatic carbocycles. The summed E-state index contributed by atoms with van der Waals surface area (Å²) in [7, 11) is 0. The molecule has 0 aliphatic rings. The summed E-state index contributed by atoms with van der Waals surface area (Å²) in [5.74, 6) is 1.61. The Labute approximate surface area is 98.6 Å². The van der Waals surface area contributed by atoms with E-state index in [1.807, 2.05) is 34.9 Å². The van der Waals surface area contributed by atoms with E-state index >= 15 is 0 Å². The Hall–Kier alpha value is -1.07. The molecule has 0 unspecified atom stereocenters. The Morgan fingerprint density at radius 1 is 1.33 bits per heavy atom. The van der Waals surface area contributed by atoms with Crippen molar-refractivity contribution in [3.63, 3.8) is 0 Å². The van der Waals surface area contributed by atoms with Crippen LogP contribution in [0.1, 0.15) is 0 Å². The van der Waals surface area contributed by atoms with Crippen molar-refractivity contribution in [1.82, 2.24) is 14.8 Å². The molecule has 1 aromatic heterocycles. The lowest BCUT2D eigenvalue weighted by molar-refractivity contribution is 0.766. The molecular weight excluding hydrogens is 226 g/mol. The number of hydrogen-bond acceptors (Lipinski definition) is 3. The van der Waals surface area contributed by atoms with Gasteiger partial charge in [0.25, 0.3) is 0 Å². The lowest BCUT2D eigenvalue weighted by Crippen LogP contribution is -2.01. The first-order valence-electron chi connectivity index (χ1n) is 4.64. The molecule has 5 heteroatoms. The van der Waals surface area contributed by atoms with E-state index in [-0.39, 0.29) is 0 Å². The first kappa shape index (κ1) is 10.4. The molecule has 1 heterocycles. The highest BCUT2D eigenvalue weighted by Gasteiger charge is 2.06. The maximum absolute atomic E-state index is 5.15. The summed E-state index contributed by atoms with van der Waals surface area (Å²) in [6.45, 7) is 0.767. The third kappa shape index (κ3) is 2.13. The molecule has 15 heavy (non-hydrogen) atoms. The zero-order chi connectivity index (χ0) is 10.7. The molecule has 0 saturated heterocycles. The van der Waals surface area contributed by atoms with Crippen LogP contribution in [0.3, 0.4) is 0 Å². The molecule has 3 nitrogen and oxygen atoms in total. The number of aromatic amines is 1. The van der Waals surface area contributed by atoms with E-state index in [4.69, 9.17) is 12.2 Å². The van der Waals surface area contributed by atoms with E-state index in [0.717, 1.165) is 23.7 Å². The van der Waals surface area contributed by atoms with Crippen LogP contribution in [0.4, 0.5) is 0 Å². The van der Waals surface area contributed by atoms with Gasteiger partial charge in [0.2, 0.25) is 0 Å². The fourth-order valence-electron chi connectivity index (χ4n) is 1.43. The van der Waals surface area contributed by atoms with Gasteiger partial charge in [-0.2, -0.15) is 17.7 Å². The first-order chi connectivity index (χ1) is 7.33. The summed E-state index contributed by atoms with van der Waals surface area (Å²) in [4.78, 5) is 0.